The highest BCUT2D eigenvalue weighted by molar-refractivity contribution is 5.77. The zero-order valence-electron chi connectivity index (χ0n) is 39.0. The van der Waals surface area contributed by atoms with Crippen molar-refractivity contribution in [3.63, 3.8) is 0 Å². The van der Waals surface area contributed by atoms with Gasteiger partial charge in [-0.25, -0.2) is 0 Å². The molecule has 0 amide bonds. The van der Waals surface area contributed by atoms with Crippen molar-refractivity contribution in [2.24, 2.45) is 16.2 Å². The second kappa shape index (κ2) is 86.6. The summed E-state index contributed by atoms with van der Waals surface area (Å²) in [5.74, 6) is 0.842. The van der Waals surface area contributed by atoms with Crippen LogP contribution in [0.2, 0.25) is 0 Å². The van der Waals surface area contributed by atoms with Gasteiger partial charge in [0.1, 0.15) is 0 Å². The van der Waals surface area contributed by atoms with Crippen LogP contribution in [0.5, 0.6) is 0 Å². The van der Waals surface area contributed by atoms with Gasteiger partial charge in [-0.1, -0.05) is 342 Å². The Hall–Kier alpha value is -4.19. The van der Waals surface area contributed by atoms with Crippen LogP contribution < -0.4 is 0 Å². The maximum atomic E-state index is 12.1. The number of carbonyl (C=O) groups is 3. The molecule has 6 atom stereocenters. The minimum absolute atomic E-state index is 0. The van der Waals surface area contributed by atoms with Crippen molar-refractivity contribution < 1.29 is 28.6 Å². The molecule has 6 heteroatoms. The van der Waals surface area contributed by atoms with Crippen LogP contribution in [0.3, 0.4) is 0 Å². The molecule has 0 saturated heterocycles. The molecule has 83 heavy (non-hydrogen) atoms. The molecular formula is C77H176O6. The van der Waals surface area contributed by atoms with E-state index in [0.717, 1.165) is 57.8 Å². The Morgan fingerprint density at radius 1 is 0.386 bits per heavy atom. The first-order chi connectivity index (χ1) is 28.2. The maximum absolute atomic E-state index is 12.1. The summed E-state index contributed by atoms with van der Waals surface area (Å²) in [6.45, 7) is 18.7. The van der Waals surface area contributed by atoms with Gasteiger partial charge in [-0.3, -0.25) is 14.4 Å². The largest absolute Gasteiger partial charge is 0.469 e. The van der Waals surface area contributed by atoms with E-state index in [2.05, 4.69) is 107 Å². The minimum Gasteiger partial charge on any atom is -0.469 e. The first-order valence-electron chi connectivity index (χ1n) is 22.2. The van der Waals surface area contributed by atoms with E-state index in [1.165, 1.54) is 57.3 Å². The minimum atomic E-state index is -0.421. The number of ether oxygens (including phenoxy) is 3. The molecule has 0 heterocycles. The van der Waals surface area contributed by atoms with Crippen LogP contribution in [0.15, 0.2) is 103 Å². The Kier molecular flexibility index (Phi) is 166. The van der Waals surface area contributed by atoms with E-state index >= 15 is 0 Å². The van der Waals surface area contributed by atoms with E-state index in [1.807, 2.05) is 58.0 Å². The van der Waals surface area contributed by atoms with Crippen LogP contribution in [0.1, 0.15) is 352 Å². The van der Waals surface area contributed by atoms with Gasteiger partial charge in [0.15, 0.2) is 0 Å². The molecule has 6 nitrogen and oxygen atoms in total. The van der Waals surface area contributed by atoms with Gasteiger partial charge >= 0.3 is 17.9 Å². The summed E-state index contributed by atoms with van der Waals surface area (Å²) in [5, 5.41) is 0. The molecule has 0 radical (unpaired) electrons. The fourth-order valence-corrected chi connectivity index (χ4v) is 7.76. The topological polar surface area (TPSA) is 78.9 Å². The molecule has 0 aliphatic rings. The number of carbonyl (C=O) groups excluding carboxylic acids is 3. The lowest BCUT2D eigenvalue weighted by atomic mass is 9.75. The summed E-state index contributed by atoms with van der Waals surface area (Å²) >= 11 is 0. The van der Waals surface area contributed by atoms with Gasteiger partial charge in [-0.15, -0.1) is 0 Å². The van der Waals surface area contributed by atoms with E-state index in [9.17, 15) is 14.4 Å². The molecule has 0 saturated carbocycles. The number of hydrogen-bond acceptors (Lipinski definition) is 6. The second-order valence-electron chi connectivity index (χ2n) is 17.0. The zero-order valence-corrected chi connectivity index (χ0v) is 39.0. The highest BCUT2D eigenvalue weighted by atomic mass is 16.5. The first-order valence-corrected chi connectivity index (χ1v) is 22.2. The Labute approximate surface area is 536 Å². The number of benzene rings is 3. The average molecular weight is 1200 g/mol. The third-order valence-corrected chi connectivity index (χ3v) is 12.4. The van der Waals surface area contributed by atoms with E-state index in [0.29, 0.717) is 17.8 Å². The molecule has 0 fully saturated rings. The average Bonchev–Trinajstić information content (AvgIpc) is 3.28. The predicted molar refractivity (Wildman–Crippen MR) is 408 cm³/mol. The van der Waals surface area contributed by atoms with E-state index in [1.54, 1.807) is 0 Å². The van der Waals surface area contributed by atoms with Crippen molar-refractivity contribution in [2.45, 2.75) is 335 Å². The van der Waals surface area contributed by atoms with Gasteiger partial charge in [0, 0.05) is 0 Å². The summed E-state index contributed by atoms with van der Waals surface area (Å²) in [5.41, 5.74) is 2.72. The molecule has 3 aromatic rings. The molecular weight excluding hydrogens is 1020 g/mol. The molecule has 520 valence electrons. The van der Waals surface area contributed by atoms with Gasteiger partial charge in [0.25, 0.3) is 0 Å². The van der Waals surface area contributed by atoms with Crippen LogP contribution in [0.25, 0.3) is 0 Å². The normalized spacial score (nSPS) is 11.1. The van der Waals surface area contributed by atoms with Crippen LogP contribution in [0.4, 0.5) is 0 Å². The van der Waals surface area contributed by atoms with Crippen LogP contribution in [-0.4, -0.2) is 39.2 Å². The highest BCUT2D eigenvalue weighted by Crippen LogP contribution is 2.40. The lowest BCUT2D eigenvalue weighted by Crippen LogP contribution is -2.30. The van der Waals surface area contributed by atoms with Crippen LogP contribution in [0, 0.1) is 16.2 Å². The Morgan fingerprint density at radius 3 is 0.916 bits per heavy atom. The molecule has 3 aromatic carbocycles. The third kappa shape index (κ3) is 55.4. The maximum Gasteiger partial charge on any atom is 0.311 e. The Morgan fingerprint density at radius 2 is 0.651 bits per heavy atom. The number of esters is 3. The fourth-order valence-electron chi connectivity index (χ4n) is 7.76. The first kappa shape index (κ1) is 159. The highest BCUT2D eigenvalue weighted by Gasteiger charge is 2.37. The van der Waals surface area contributed by atoms with Crippen molar-refractivity contribution in [1.82, 2.24) is 0 Å². The fraction of sp³-hybridized carbons (Fsp3) is 0.701. The third-order valence-electron chi connectivity index (χ3n) is 12.4. The number of hydrogen-bond donors (Lipinski definition) is 0. The molecule has 6 unspecified atom stereocenters. The van der Waals surface area contributed by atoms with Crippen molar-refractivity contribution in [2.75, 3.05) is 21.3 Å². The standard InChI is InChI=1S/C19H30O2.C19H28O2.C15H22O2.24CH4/c2*1-5-7-9-14-17(16-12-10-8-11-13-16)15-19(3,6-2)18(20)21-4;1-5-15(3,14(16)17-4)11-12(2)13-9-7-6-8-10-13;;;;;;;;;;;;;;;;;;;;;;;;/h8,10-13,17H,5-7,9,14-15H2,1-4H3;7-13,17H,5-6,14-15H2,1-4H3;6-10,12H,5,11H2,1-4H3;24*1H4/b;9-7-;;;;;;;;;;;;;;;;;;;;;;;;;. The number of allylic oxidation sites excluding steroid dienone is 2. The quantitative estimate of drug-likeness (QED) is 0.0432. The SMILES string of the molecule is C.C.C.C.C.C.C.C.C.C.C.C.C.C.C.C.C.C.C.C.C.C.C.C.CC/C=C\CC(CC(C)(CC)C(=O)OC)c1ccccc1.CCC(C)(CC(C)c1ccccc1)C(=O)OC.CCCCCC(CC(C)(CC)C(=O)OC)c1ccccc1. The van der Waals surface area contributed by atoms with Gasteiger partial charge < -0.3 is 14.2 Å². The van der Waals surface area contributed by atoms with Crippen LogP contribution >= 0.6 is 0 Å². The monoisotopic (exact) mass is 1200 g/mol. The molecule has 0 N–H and O–H groups in total. The van der Waals surface area contributed by atoms with E-state index < -0.39 is 5.41 Å². The smallest absolute Gasteiger partial charge is 0.311 e. The second-order valence-corrected chi connectivity index (χ2v) is 17.0. The van der Waals surface area contributed by atoms with Crippen molar-refractivity contribution >= 4 is 17.9 Å². The molecule has 3 rings (SSSR count). The van der Waals surface area contributed by atoms with Gasteiger partial charge in [-0.2, -0.15) is 0 Å². The molecule has 0 bridgehead atoms. The number of methoxy groups -OCH3 is 3. The molecule has 0 aromatic heterocycles. The van der Waals surface area contributed by atoms with Crippen LogP contribution in [-0.2, 0) is 28.6 Å². The molecule has 0 aliphatic carbocycles. The van der Waals surface area contributed by atoms with Crippen molar-refractivity contribution in [3.05, 3.63) is 120 Å². The zero-order chi connectivity index (χ0) is 44.3. The molecule has 0 aliphatic heterocycles. The predicted octanol–water partition coefficient (Wildman–Crippen LogP) is 29.5. The van der Waals surface area contributed by atoms with Gasteiger partial charge in [-0.05, 0) is 113 Å². The Balaban J connectivity index is -0.0000000251. The number of unbranched alkanes of at least 4 members (excludes halogenated alkanes) is 2. The summed E-state index contributed by atoms with van der Waals surface area (Å²) in [6.07, 6.45) is 16.2. The van der Waals surface area contributed by atoms with Gasteiger partial charge in [0.05, 0.1) is 37.6 Å². The lowest BCUT2D eigenvalue weighted by molar-refractivity contribution is -0.153. The van der Waals surface area contributed by atoms with E-state index in [-0.39, 0.29) is 207 Å². The summed E-state index contributed by atoms with van der Waals surface area (Å²) in [6, 6.07) is 31.3. The van der Waals surface area contributed by atoms with Crippen molar-refractivity contribution in [3.8, 4) is 0 Å². The lowest BCUT2D eigenvalue weighted by Gasteiger charge is -2.30. The van der Waals surface area contributed by atoms with Gasteiger partial charge in [0.2, 0.25) is 0 Å². The number of rotatable bonds is 22. The Bertz CT molecular complexity index is 1610. The summed E-state index contributed by atoms with van der Waals surface area (Å²) in [4.78, 5) is 36.1. The van der Waals surface area contributed by atoms with Crippen molar-refractivity contribution in [1.29, 1.82) is 0 Å². The summed E-state index contributed by atoms with van der Waals surface area (Å²) < 4.78 is 14.9. The summed E-state index contributed by atoms with van der Waals surface area (Å²) in [7, 11) is 4.43. The van der Waals surface area contributed by atoms with E-state index in [4.69, 9.17) is 14.2 Å². The molecule has 0 spiro atoms.